The van der Waals surface area contributed by atoms with E-state index in [1.807, 2.05) is 26.0 Å². The summed E-state index contributed by atoms with van der Waals surface area (Å²) in [5, 5.41) is 1.85. The van der Waals surface area contributed by atoms with Crippen molar-refractivity contribution in [2.45, 2.75) is 26.3 Å². The van der Waals surface area contributed by atoms with E-state index in [0.29, 0.717) is 37.2 Å². The molecule has 1 aromatic carbocycles. The molecule has 5 nitrogen and oxygen atoms in total. The number of aromatic nitrogens is 2. The summed E-state index contributed by atoms with van der Waals surface area (Å²) in [6.07, 6.45) is 4.13. The lowest BCUT2D eigenvalue weighted by Crippen LogP contribution is -2.42. The number of ether oxygens (including phenoxy) is 1. The van der Waals surface area contributed by atoms with Gasteiger partial charge in [-0.25, -0.2) is 4.98 Å². The van der Waals surface area contributed by atoms with Gasteiger partial charge in [-0.15, -0.1) is 11.3 Å². The molecule has 0 radical (unpaired) electrons. The molecule has 0 saturated heterocycles. The van der Waals surface area contributed by atoms with Crippen LogP contribution in [0.5, 0.6) is 5.75 Å². The van der Waals surface area contributed by atoms with E-state index in [2.05, 4.69) is 9.97 Å². The van der Waals surface area contributed by atoms with Crippen molar-refractivity contribution < 1.29 is 9.53 Å². The second kappa shape index (κ2) is 10.8. The third kappa shape index (κ3) is 5.82. The predicted molar refractivity (Wildman–Crippen MR) is 128 cm³/mol. The Morgan fingerprint density at radius 2 is 1.94 bits per heavy atom. The van der Waals surface area contributed by atoms with Gasteiger partial charge < -0.3 is 9.64 Å². The van der Waals surface area contributed by atoms with E-state index in [1.54, 1.807) is 29.4 Å². The van der Waals surface area contributed by atoms with Crippen molar-refractivity contribution in [1.29, 1.82) is 0 Å². The molecule has 0 fully saturated rings. The van der Waals surface area contributed by atoms with E-state index < -0.39 is 0 Å². The smallest absolute Gasteiger partial charge is 0.267 e. The second-order valence-electron chi connectivity index (χ2n) is 6.74. The fraction of sp³-hybridized carbons (Fsp3) is 0.286. The Kier molecular flexibility index (Phi) is 8.42. The number of hydrogen-bond acceptors (Lipinski definition) is 5. The molecule has 3 aromatic rings. The molecule has 10 heteroatoms. The third-order valence-corrected chi connectivity index (χ3v) is 6.64. The van der Waals surface area contributed by atoms with Gasteiger partial charge in [0.1, 0.15) is 16.5 Å². The summed E-state index contributed by atoms with van der Waals surface area (Å²) in [6.45, 7) is 4.61. The number of carbonyl (C=O) groups is 1. The lowest BCUT2D eigenvalue weighted by molar-refractivity contribution is 0.0641. The van der Waals surface area contributed by atoms with Crippen LogP contribution in [0.4, 0.5) is 0 Å². The Labute approximate surface area is 204 Å². The van der Waals surface area contributed by atoms with Gasteiger partial charge in [-0.1, -0.05) is 53.3 Å². The number of halogens is 4. The monoisotopic (exact) mass is 517 g/mol. The average molecular weight is 519 g/mol. The largest absolute Gasteiger partial charge is 0.488 e. The Morgan fingerprint density at radius 3 is 2.55 bits per heavy atom. The molecule has 0 N–H and O–H groups in total. The summed E-state index contributed by atoms with van der Waals surface area (Å²) in [5.41, 5.74) is 0.805. The molecule has 0 aliphatic heterocycles. The van der Waals surface area contributed by atoms with Crippen molar-refractivity contribution >= 4 is 63.6 Å². The molecule has 0 aliphatic rings. The van der Waals surface area contributed by atoms with E-state index >= 15 is 0 Å². The maximum Gasteiger partial charge on any atom is 0.267 e. The zero-order valence-electron chi connectivity index (χ0n) is 16.7. The summed E-state index contributed by atoms with van der Waals surface area (Å²) < 4.78 is 5.83. The molecular weight excluding hydrogens is 500 g/mol. The van der Waals surface area contributed by atoms with Gasteiger partial charge in [0.15, 0.2) is 10.9 Å². The number of amides is 1. The minimum absolute atomic E-state index is 0.173. The predicted octanol–water partition coefficient (Wildman–Crippen LogP) is 7.14. The SMILES string of the molecule is CCCN(C(=O)c1sc(-c2cccnc2)nc1Cl)C(C)COc1c(Cl)cc(Cl)cc1Cl. The molecule has 0 spiro atoms. The molecule has 2 heterocycles. The lowest BCUT2D eigenvalue weighted by atomic mass is 10.2. The molecule has 1 unspecified atom stereocenters. The van der Waals surface area contributed by atoms with Crippen molar-refractivity contribution in [2.24, 2.45) is 0 Å². The minimum Gasteiger partial charge on any atom is -0.488 e. The molecule has 0 bridgehead atoms. The van der Waals surface area contributed by atoms with E-state index in [1.165, 1.54) is 11.3 Å². The van der Waals surface area contributed by atoms with Crippen LogP contribution in [0.3, 0.4) is 0 Å². The van der Waals surface area contributed by atoms with Crippen molar-refractivity contribution in [1.82, 2.24) is 14.9 Å². The van der Waals surface area contributed by atoms with Crippen LogP contribution < -0.4 is 4.74 Å². The standard InChI is InChI=1S/C21H19Cl4N3O2S/c1-3-7-28(12(2)11-30-17-15(23)8-14(22)9-16(17)24)21(29)18-19(25)27-20(31-18)13-5-4-6-26-10-13/h4-6,8-10,12H,3,7,11H2,1-2H3. The highest BCUT2D eigenvalue weighted by Gasteiger charge is 2.27. The van der Waals surface area contributed by atoms with E-state index in [0.717, 1.165) is 12.0 Å². The number of nitrogens with zero attached hydrogens (tertiary/aromatic N) is 3. The molecular formula is C21H19Cl4N3O2S. The fourth-order valence-corrected chi connectivity index (χ4v) is 5.06. The number of rotatable bonds is 8. The first-order valence-corrected chi connectivity index (χ1v) is 11.8. The van der Waals surface area contributed by atoms with Crippen LogP contribution in [0.1, 0.15) is 29.9 Å². The summed E-state index contributed by atoms with van der Waals surface area (Å²) >= 11 is 25.9. The first-order chi connectivity index (χ1) is 14.8. The molecule has 1 atom stereocenters. The third-order valence-electron chi connectivity index (χ3n) is 4.38. The zero-order valence-corrected chi connectivity index (χ0v) is 20.6. The first-order valence-electron chi connectivity index (χ1n) is 9.46. The Hall–Kier alpha value is -1.57. The number of pyridine rings is 1. The van der Waals surface area contributed by atoms with Gasteiger partial charge in [-0.05, 0) is 37.6 Å². The lowest BCUT2D eigenvalue weighted by Gasteiger charge is -2.29. The first kappa shape index (κ1) is 24.1. The van der Waals surface area contributed by atoms with Crippen LogP contribution in [0.2, 0.25) is 20.2 Å². The van der Waals surface area contributed by atoms with Gasteiger partial charge in [0.25, 0.3) is 5.91 Å². The fourth-order valence-electron chi connectivity index (χ4n) is 2.90. The van der Waals surface area contributed by atoms with Crippen LogP contribution in [-0.2, 0) is 0 Å². The van der Waals surface area contributed by atoms with Gasteiger partial charge in [0, 0.05) is 29.5 Å². The van der Waals surface area contributed by atoms with Crippen molar-refractivity contribution in [3.63, 3.8) is 0 Å². The number of benzene rings is 1. The molecule has 31 heavy (non-hydrogen) atoms. The van der Waals surface area contributed by atoms with Crippen LogP contribution >= 0.6 is 57.7 Å². The molecule has 0 aliphatic carbocycles. The van der Waals surface area contributed by atoms with Crippen LogP contribution in [0.15, 0.2) is 36.7 Å². The van der Waals surface area contributed by atoms with E-state index in [9.17, 15) is 4.79 Å². The molecule has 1 amide bonds. The van der Waals surface area contributed by atoms with E-state index in [-0.39, 0.29) is 23.7 Å². The normalized spacial score (nSPS) is 11.9. The van der Waals surface area contributed by atoms with Gasteiger partial charge in [-0.2, -0.15) is 0 Å². The summed E-state index contributed by atoms with van der Waals surface area (Å²) in [5.74, 6) is 0.127. The van der Waals surface area contributed by atoms with Crippen molar-refractivity contribution in [3.05, 3.63) is 61.8 Å². The Balaban J connectivity index is 1.78. The summed E-state index contributed by atoms with van der Waals surface area (Å²) in [7, 11) is 0. The van der Waals surface area contributed by atoms with E-state index in [4.69, 9.17) is 51.1 Å². The van der Waals surface area contributed by atoms with Crippen LogP contribution in [0, 0.1) is 0 Å². The van der Waals surface area contributed by atoms with Crippen LogP contribution in [-0.4, -0.2) is 40.0 Å². The van der Waals surface area contributed by atoms with Gasteiger partial charge in [0.05, 0.1) is 16.1 Å². The summed E-state index contributed by atoms with van der Waals surface area (Å²) in [4.78, 5) is 23.8. The van der Waals surface area contributed by atoms with Gasteiger partial charge >= 0.3 is 0 Å². The van der Waals surface area contributed by atoms with Gasteiger partial charge in [-0.3, -0.25) is 9.78 Å². The maximum atomic E-state index is 13.3. The minimum atomic E-state index is -0.268. The summed E-state index contributed by atoms with van der Waals surface area (Å²) in [6, 6.07) is 6.52. The number of thiazole rings is 1. The van der Waals surface area contributed by atoms with Gasteiger partial charge in [0.2, 0.25) is 0 Å². The Bertz CT molecular complexity index is 1040. The highest BCUT2D eigenvalue weighted by molar-refractivity contribution is 7.17. The van der Waals surface area contributed by atoms with Crippen molar-refractivity contribution in [2.75, 3.05) is 13.2 Å². The second-order valence-corrected chi connectivity index (χ2v) is 9.35. The maximum absolute atomic E-state index is 13.3. The van der Waals surface area contributed by atoms with Crippen LogP contribution in [0.25, 0.3) is 10.6 Å². The number of carbonyl (C=O) groups excluding carboxylic acids is 1. The topological polar surface area (TPSA) is 55.3 Å². The number of hydrogen-bond donors (Lipinski definition) is 0. The Morgan fingerprint density at radius 1 is 1.23 bits per heavy atom. The molecule has 3 rings (SSSR count). The average Bonchev–Trinajstić information content (AvgIpc) is 3.13. The molecule has 0 saturated carbocycles. The van der Waals surface area contributed by atoms with Crippen molar-refractivity contribution in [3.8, 4) is 16.3 Å². The zero-order chi connectivity index (χ0) is 22.5. The molecule has 164 valence electrons. The quantitative estimate of drug-likeness (QED) is 0.318. The highest BCUT2D eigenvalue weighted by atomic mass is 35.5. The highest BCUT2D eigenvalue weighted by Crippen LogP contribution is 2.36. The molecule has 2 aromatic heterocycles.